The van der Waals surface area contributed by atoms with Crippen molar-refractivity contribution in [3.63, 3.8) is 0 Å². The Morgan fingerprint density at radius 1 is 1.06 bits per heavy atom. The highest BCUT2D eigenvalue weighted by molar-refractivity contribution is 6.84. The van der Waals surface area contributed by atoms with Crippen LogP contribution in [0.5, 0.6) is 0 Å². The zero-order valence-electron chi connectivity index (χ0n) is 23.0. The number of aromatic amines is 1. The SMILES string of the molecule is Cc1cn([C@@H]2O[C@]3(CCO)CO[Si](C(C)C)(C(C)C)O[Si](C(C)C)(C(C)C)O[C@H]3[C@H]2O)c(=O)[nH]c1=O. The van der Waals surface area contributed by atoms with Crippen LogP contribution in [0.15, 0.2) is 15.8 Å². The highest BCUT2D eigenvalue weighted by Crippen LogP contribution is 2.51. The van der Waals surface area contributed by atoms with Crippen LogP contribution in [-0.4, -0.2) is 67.9 Å². The number of nitrogens with zero attached hydrogens (tertiary/aromatic N) is 1. The van der Waals surface area contributed by atoms with Gasteiger partial charge in [-0.3, -0.25) is 14.3 Å². The molecule has 12 heteroatoms. The largest absolute Gasteiger partial charge is 0.414 e. The van der Waals surface area contributed by atoms with Gasteiger partial charge in [0.25, 0.3) is 5.56 Å². The lowest BCUT2D eigenvalue weighted by atomic mass is 9.93. The van der Waals surface area contributed by atoms with Crippen LogP contribution in [0.25, 0.3) is 0 Å². The van der Waals surface area contributed by atoms with Crippen molar-refractivity contribution < 1.29 is 27.9 Å². The van der Waals surface area contributed by atoms with Crippen LogP contribution in [0, 0.1) is 6.92 Å². The monoisotopic (exact) mass is 544 g/mol. The average Bonchev–Trinajstić information content (AvgIpc) is 3.01. The van der Waals surface area contributed by atoms with Crippen LogP contribution in [0.3, 0.4) is 0 Å². The number of ether oxygens (including phenoxy) is 1. The fourth-order valence-electron chi connectivity index (χ4n) is 5.74. The first-order valence-corrected chi connectivity index (χ1v) is 16.9. The molecule has 1 aromatic heterocycles. The first-order chi connectivity index (χ1) is 16.7. The summed E-state index contributed by atoms with van der Waals surface area (Å²) in [5.74, 6) is 0. The van der Waals surface area contributed by atoms with Crippen molar-refractivity contribution in [2.45, 2.75) is 115 Å². The summed E-state index contributed by atoms with van der Waals surface area (Å²) in [4.78, 5) is 27.0. The Bertz CT molecular complexity index is 1020. The normalized spacial score (nSPS) is 30.1. The van der Waals surface area contributed by atoms with E-state index in [1.807, 2.05) is 0 Å². The van der Waals surface area contributed by atoms with Gasteiger partial charge in [-0.05, 0) is 29.1 Å². The molecule has 3 rings (SSSR count). The van der Waals surface area contributed by atoms with Crippen LogP contribution in [0.1, 0.15) is 73.6 Å². The Kier molecular flexibility index (Phi) is 8.63. The van der Waals surface area contributed by atoms with E-state index < -0.39 is 52.4 Å². The number of rotatable bonds is 7. The average molecular weight is 545 g/mol. The van der Waals surface area contributed by atoms with Crippen LogP contribution in [-0.2, 0) is 17.7 Å². The van der Waals surface area contributed by atoms with Gasteiger partial charge in [0.15, 0.2) is 6.23 Å². The maximum absolute atomic E-state index is 12.7. The lowest BCUT2D eigenvalue weighted by molar-refractivity contribution is -0.143. The highest BCUT2D eigenvalue weighted by atomic mass is 28.5. The van der Waals surface area contributed by atoms with Crippen LogP contribution in [0.2, 0.25) is 22.2 Å². The Balaban J connectivity index is 2.23. The number of aliphatic hydroxyl groups excluding tert-OH is 2. The minimum absolute atomic E-state index is 0.0275. The van der Waals surface area contributed by atoms with E-state index in [4.69, 9.17) is 17.7 Å². The molecule has 0 spiro atoms. The van der Waals surface area contributed by atoms with E-state index in [-0.39, 0.29) is 41.8 Å². The summed E-state index contributed by atoms with van der Waals surface area (Å²) in [6, 6.07) is 0. The first-order valence-electron chi connectivity index (χ1n) is 13.0. The minimum Gasteiger partial charge on any atom is -0.414 e. The minimum atomic E-state index is -3.08. The van der Waals surface area contributed by atoms with Crippen molar-refractivity contribution in [1.29, 1.82) is 0 Å². The van der Waals surface area contributed by atoms with Crippen molar-refractivity contribution in [1.82, 2.24) is 9.55 Å². The zero-order valence-corrected chi connectivity index (χ0v) is 25.0. The predicted molar refractivity (Wildman–Crippen MR) is 140 cm³/mol. The number of fused-ring (bicyclic) bond motifs is 1. The summed E-state index contributed by atoms with van der Waals surface area (Å²) in [5, 5.41) is 21.7. The predicted octanol–water partition coefficient (Wildman–Crippen LogP) is 2.81. The molecule has 0 bridgehead atoms. The van der Waals surface area contributed by atoms with Crippen molar-refractivity contribution in [3.8, 4) is 0 Å². The Morgan fingerprint density at radius 2 is 1.61 bits per heavy atom. The smallest absolute Gasteiger partial charge is 0.335 e. The topological polar surface area (TPSA) is 132 Å². The molecule has 3 heterocycles. The second kappa shape index (κ2) is 10.6. The summed E-state index contributed by atoms with van der Waals surface area (Å²) < 4.78 is 28.6. The van der Waals surface area contributed by atoms with Gasteiger partial charge >= 0.3 is 22.8 Å². The summed E-state index contributed by atoms with van der Waals surface area (Å²) in [5.41, 5.74) is -1.81. The number of aliphatic hydroxyl groups is 2. The molecule has 36 heavy (non-hydrogen) atoms. The summed E-state index contributed by atoms with van der Waals surface area (Å²) in [6.07, 6.45) is -1.77. The van der Waals surface area contributed by atoms with E-state index in [0.717, 1.165) is 0 Å². The molecule has 2 fully saturated rings. The van der Waals surface area contributed by atoms with Gasteiger partial charge in [-0.2, -0.15) is 0 Å². The van der Waals surface area contributed by atoms with E-state index >= 15 is 0 Å². The molecule has 4 atom stereocenters. The van der Waals surface area contributed by atoms with E-state index in [1.54, 1.807) is 6.92 Å². The molecule has 0 radical (unpaired) electrons. The molecular weight excluding hydrogens is 500 g/mol. The van der Waals surface area contributed by atoms with Gasteiger partial charge in [-0.15, -0.1) is 0 Å². The summed E-state index contributed by atoms with van der Waals surface area (Å²) in [6.45, 7) is 18.2. The first kappa shape index (κ1) is 29.4. The molecule has 0 aromatic carbocycles. The maximum Gasteiger partial charge on any atom is 0.335 e. The maximum atomic E-state index is 12.7. The van der Waals surface area contributed by atoms with Gasteiger partial charge in [0.2, 0.25) is 0 Å². The van der Waals surface area contributed by atoms with E-state index in [0.29, 0.717) is 5.56 Å². The van der Waals surface area contributed by atoms with E-state index in [1.165, 1.54) is 10.8 Å². The molecule has 2 aliphatic rings. The molecule has 0 amide bonds. The molecule has 0 aliphatic carbocycles. The van der Waals surface area contributed by atoms with Crippen molar-refractivity contribution in [2.24, 2.45) is 0 Å². The number of aromatic nitrogens is 2. The van der Waals surface area contributed by atoms with Gasteiger partial charge in [0.05, 0.1) is 6.61 Å². The van der Waals surface area contributed by atoms with Gasteiger partial charge in [-0.25, -0.2) is 4.79 Å². The zero-order chi connectivity index (χ0) is 27.2. The third kappa shape index (κ3) is 4.75. The van der Waals surface area contributed by atoms with Gasteiger partial charge < -0.3 is 27.9 Å². The fourth-order valence-corrected chi connectivity index (χ4v) is 17.0. The second-order valence-electron chi connectivity index (χ2n) is 11.5. The Labute approximate surface area is 215 Å². The van der Waals surface area contributed by atoms with E-state index in [9.17, 15) is 19.8 Å². The molecule has 2 aliphatic heterocycles. The number of hydrogen-bond acceptors (Lipinski definition) is 8. The highest BCUT2D eigenvalue weighted by Gasteiger charge is 2.65. The lowest BCUT2D eigenvalue weighted by Gasteiger charge is -2.53. The van der Waals surface area contributed by atoms with Gasteiger partial charge in [0, 0.05) is 24.8 Å². The standard InChI is InChI=1S/C24H44N2O8Si2/c1-14(2)35(15(3)4)31-13-24(10-11-27)20(33-36(34-35,16(5)6)17(7)8)19(28)22(32-24)26-12-18(9)21(29)25-23(26)30/h12,14-17,19-20,22,27-28H,10-11,13H2,1-9H3,(H,25,29,30)/t19-,20+,22-,24-/m1/s1. The van der Waals surface area contributed by atoms with Crippen LogP contribution < -0.4 is 11.2 Å². The van der Waals surface area contributed by atoms with Crippen molar-refractivity contribution in [3.05, 3.63) is 32.6 Å². The van der Waals surface area contributed by atoms with Crippen molar-refractivity contribution in [2.75, 3.05) is 13.2 Å². The molecule has 0 unspecified atom stereocenters. The number of nitrogens with one attached hydrogen (secondary N) is 1. The second-order valence-corrected chi connectivity index (χ2v) is 20.4. The van der Waals surface area contributed by atoms with Crippen LogP contribution in [0.4, 0.5) is 0 Å². The van der Waals surface area contributed by atoms with Gasteiger partial charge in [-0.1, -0.05) is 55.4 Å². The fraction of sp³-hybridized carbons (Fsp3) is 0.833. The number of hydrogen-bond donors (Lipinski definition) is 3. The molecular formula is C24H44N2O8Si2. The lowest BCUT2D eigenvalue weighted by Crippen LogP contribution is -2.68. The molecule has 0 saturated carbocycles. The third-order valence-corrected chi connectivity index (χ3v) is 18.0. The van der Waals surface area contributed by atoms with Crippen LogP contribution >= 0.6 is 0 Å². The van der Waals surface area contributed by atoms with Gasteiger partial charge in [0.1, 0.15) is 17.8 Å². The third-order valence-electron chi connectivity index (χ3n) is 7.82. The Morgan fingerprint density at radius 3 is 2.11 bits per heavy atom. The molecule has 3 N–H and O–H groups in total. The van der Waals surface area contributed by atoms with E-state index in [2.05, 4.69) is 60.4 Å². The molecule has 2 saturated heterocycles. The molecule has 10 nitrogen and oxygen atoms in total. The molecule has 206 valence electrons. The molecule has 1 aromatic rings. The number of aryl methyl sites for hydroxylation is 1. The Hall–Kier alpha value is -1.13. The quantitative estimate of drug-likeness (QED) is 0.447. The number of H-pyrrole nitrogens is 1. The summed E-state index contributed by atoms with van der Waals surface area (Å²) in [7, 11) is -5.97. The van der Waals surface area contributed by atoms with Crippen molar-refractivity contribution >= 4 is 17.1 Å². The summed E-state index contributed by atoms with van der Waals surface area (Å²) >= 11 is 0.